The van der Waals surface area contributed by atoms with Crippen molar-refractivity contribution in [2.24, 2.45) is 5.10 Å². The highest BCUT2D eigenvalue weighted by atomic mass is 16.3. The van der Waals surface area contributed by atoms with Crippen LogP contribution in [0.5, 0.6) is 0 Å². The number of nitrogens with zero attached hydrogens (tertiary/aromatic N) is 3. The second-order valence-corrected chi connectivity index (χ2v) is 6.42. The fraction of sp³-hybridized carbons (Fsp3) is 0.0909. The van der Waals surface area contributed by atoms with Gasteiger partial charge < -0.3 is 9.32 Å². The lowest BCUT2D eigenvalue weighted by Crippen LogP contribution is -2.21. The number of rotatable bonds is 4. The number of anilines is 2. The molecule has 0 spiro atoms. The quantitative estimate of drug-likeness (QED) is 0.658. The van der Waals surface area contributed by atoms with Crippen molar-refractivity contribution in [3.63, 3.8) is 0 Å². The van der Waals surface area contributed by atoms with Crippen molar-refractivity contribution >= 4 is 29.1 Å². The second-order valence-electron chi connectivity index (χ2n) is 6.42. The highest BCUT2D eigenvalue weighted by Gasteiger charge is 2.33. The van der Waals surface area contributed by atoms with Gasteiger partial charge in [-0.2, -0.15) is 10.1 Å². The summed E-state index contributed by atoms with van der Waals surface area (Å²) in [5.41, 5.74) is 3.79. The van der Waals surface area contributed by atoms with Crippen LogP contribution in [0.2, 0.25) is 0 Å². The van der Waals surface area contributed by atoms with E-state index in [0.29, 0.717) is 17.0 Å². The number of hydrogen-bond acceptors (Lipinski definition) is 4. The average Bonchev–Trinajstić information content (AvgIpc) is 3.32. The standard InChI is InChI=1S/C22H19N3O2/c1-24(2)17-12-10-16(11-13-17)15-19-21(20-9-6-14-27-20)23-25(22(19)26)18-7-4-3-5-8-18/h3-15H,1-2H3. The summed E-state index contributed by atoms with van der Waals surface area (Å²) in [7, 11) is 3.99. The lowest BCUT2D eigenvalue weighted by molar-refractivity contribution is -0.114. The molecule has 2 aromatic carbocycles. The summed E-state index contributed by atoms with van der Waals surface area (Å²) in [6.45, 7) is 0. The molecule has 0 aliphatic carbocycles. The van der Waals surface area contributed by atoms with Crippen LogP contribution in [0.3, 0.4) is 0 Å². The zero-order chi connectivity index (χ0) is 18.8. The Kier molecular flexibility index (Phi) is 4.34. The van der Waals surface area contributed by atoms with Crippen LogP contribution in [0.15, 0.2) is 88.1 Å². The lowest BCUT2D eigenvalue weighted by atomic mass is 10.0. The number of amides is 1. The van der Waals surface area contributed by atoms with E-state index >= 15 is 0 Å². The highest BCUT2D eigenvalue weighted by molar-refractivity contribution is 6.36. The van der Waals surface area contributed by atoms with Crippen molar-refractivity contribution in [3.8, 4) is 0 Å². The zero-order valence-corrected chi connectivity index (χ0v) is 15.2. The van der Waals surface area contributed by atoms with Crippen LogP contribution in [-0.4, -0.2) is 25.7 Å². The number of benzene rings is 2. The molecule has 0 N–H and O–H groups in total. The summed E-state index contributed by atoms with van der Waals surface area (Å²) in [4.78, 5) is 15.1. The zero-order valence-electron chi connectivity index (χ0n) is 15.2. The fourth-order valence-electron chi connectivity index (χ4n) is 2.92. The van der Waals surface area contributed by atoms with Crippen LogP contribution in [-0.2, 0) is 4.79 Å². The summed E-state index contributed by atoms with van der Waals surface area (Å²) >= 11 is 0. The minimum atomic E-state index is -0.177. The van der Waals surface area contributed by atoms with Crippen LogP contribution in [0.1, 0.15) is 11.3 Å². The maximum atomic E-state index is 13.1. The molecule has 5 heteroatoms. The molecule has 1 amide bonds. The Morgan fingerprint density at radius 3 is 2.33 bits per heavy atom. The third-order valence-electron chi connectivity index (χ3n) is 4.35. The van der Waals surface area contributed by atoms with Crippen molar-refractivity contribution in [3.05, 3.63) is 89.9 Å². The third kappa shape index (κ3) is 3.27. The van der Waals surface area contributed by atoms with E-state index in [2.05, 4.69) is 5.10 Å². The van der Waals surface area contributed by atoms with Gasteiger partial charge in [0, 0.05) is 19.8 Å². The largest absolute Gasteiger partial charge is 0.463 e. The fourth-order valence-corrected chi connectivity index (χ4v) is 2.92. The van der Waals surface area contributed by atoms with E-state index in [1.54, 1.807) is 12.3 Å². The Bertz CT molecular complexity index is 1000. The summed E-state index contributed by atoms with van der Waals surface area (Å²) in [5, 5.41) is 5.95. The molecule has 0 fully saturated rings. The van der Waals surface area contributed by atoms with Gasteiger partial charge >= 0.3 is 0 Å². The van der Waals surface area contributed by atoms with Crippen LogP contribution in [0, 0.1) is 0 Å². The summed E-state index contributed by atoms with van der Waals surface area (Å²) in [5.74, 6) is 0.391. The monoisotopic (exact) mass is 357 g/mol. The third-order valence-corrected chi connectivity index (χ3v) is 4.35. The predicted molar refractivity (Wildman–Crippen MR) is 108 cm³/mol. The van der Waals surface area contributed by atoms with Crippen LogP contribution >= 0.6 is 0 Å². The first kappa shape index (κ1) is 16.8. The smallest absolute Gasteiger partial charge is 0.281 e. The van der Waals surface area contributed by atoms with E-state index in [0.717, 1.165) is 16.9 Å². The van der Waals surface area contributed by atoms with Gasteiger partial charge in [0.15, 0.2) is 5.76 Å². The molecular weight excluding hydrogens is 338 g/mol. The molecule has 5 nitrogen and oxygen atoms in total. The molecule has 0 radical (unpaired) electrons. The van der Waals surface area contributed by atoms with Gasteiger partial charge in [-0.15, -0.1) is 0 Å². The Hall–Kier alpha value is -3.60. The van der Waals surface area contributed by atoms with E-state index in [4.69, 9.17) is 4.42 Å². The number of hydrazone groups is 1. The first-order chi connectivity index (χ1) is 13.1. The molecule has 27 heavy (non-hydrogen) atoms. The minimum absolute atomic E-state index is 0.177. The van der Waals surface area contributed by atoms with E-state index in [1.807, 2.05) is 85.7 Å². The SMILES string of the molecule is CN(C)c1ccc(C=C2C(=O)N(c3ccccc3)N=C2c2ccco2)cc1. The number of hydrogen-bond donors (Lipinski definition) is 0. The van der Waals surface area contributed by atoms with Crippen molar-refractivity contribution in [1.29, 1.82) is 0 Å². The van der Waals surface area contributed by atoms with Gasteiger partial charge in [-0.25, -0.2) is 0 Å². The van der Waals surface area contributed by atoms with Gasteiger partial charge in [0.05, 0.1) is 17.5 Å². The molecule has 0 bridgehead atoms. The van der Waals surface area contributed by atoms with Crippen LogP contribution in [0.4, 0.5) is 11.4 Å². The number of para-hydroxylation sites is 1. The Morgan fingerprint density at radius 2 is 1.70 bits per heavy atom. The second kappa shape index (κ2) is 6.96. The van der Waals surface area contributed by atoms with Crippen LogP contribution < -0.4 is 9.91 Å². The molecule has 0 saturated carbocycles. The summed E-state index contributed by atoms with van der Waals surface area (Å²) < 4.78 is 5.51. The number of carbonyl (C=O) groups is 1. The van der Waals surface area contributed by atoms with E-state index in [-0.39, 0.29) is 5.91 Å². The number of carbonyl (C=O) groups excluding carboxylic acids is 1. The van der Waals surface area contributed by atoms with E-state index in [1.165, 1.54) is 5.01 Å². The molecule has 2 heterocycles. The van der Waals surface area contributed by atoms with Gasteiger partial charge in [-0.1, -0.05) is 30.3 Å². The van der Waals surface area contributed by atoms with E-state index < -0.39 is 0 Å². The molecule has 4 rings (SSSR count). The molecule has 1 aliphatic heterocycles. The van der Waals surface area contributed by atoms with Gasteiger partial charge in [0.1, 0.15) is 5.71 Å². The van der Waals surface area contributed by atoms with Gasteiger partial charge in [-0.05, 0) is 48.0 Å². The average molecular weight is 357 g/mol. The molecular formula is C22H19N3O2. The van der Waals surface area contributed by atoms with Crippen molar-refractivity contribution in [1.82, 2.24) is 0 Å². The van der Waals surface area contributed by atoms with Crippen molar-refractivity contribution < 1.29 is 9.21 Å². The molecule has 0 atom stereocenters. The first-order valence-corrected chi connectivity index (χ1v) is 8.65. The highest BCUT2D eigenvalue weighted by Crippen LogP contribution is 2.28. The predicted octanol–water partition coefficient (Wildman–Crippen LogP) is 4.18. The van der Waals surface area contributed by atoms with Crippen molar-refractivity contribution in [2.45, 2.75) is 0 Å². The molecule has 1 aliphatic rings. The van der Waals surface area contributed by atoms with Crippen LogP contribution in [0.25, 0.3) is 6.08 Å². The topological polar surface area (TPSA) is 49.1 Å². The molecule has 134 valence electrons. The maximum Gasteiger partial charge on any atom is 0.281 e. The molecule has 0 saturated heterocycles. The molecule has 1 aromatic heterocycles. The summed E-state index contributed by atoms with van der Waals surface area (Å²) in [6.07, 6.45) is 3.43. The Labute approximate surface area is 157 Å². The normalized spacial score (nSPS) is 15.3. The molecule has 3 aromatic rings. The van der Waals surface area contributed by atoms with Gasteiger partial charge in [-0.3, -0.25) is 4.79 Å². The summed E-state index contributed by atoms with van der Waals surface area (Å²) in [6, 6.07) is 21.0. The van der Waals surface area contributed by atoms with Gasteiger partial charge in [0.25, 0.3) is 5.91 Å². The first-order valence-electron chi connectivity index (χ1n) is 8.65. The van der Waals surface area contributed by atoms with E-state index in [9.17, 15) is 4.79 Å². The molecule has 0 unspecified atom stereocenters. The van der Waals surface area contributed by atoms with Gasteiger partial charge in [0.2, 0.25) is 0 Å². The lowest BCUT2D eigenvalue weighted by Gasteiger charge is -2.12. The Morgan fingerprint density at radius 1 is 0.963 bits per heavy atom. The maximum absolute atomic E-state index is 13.1. The Balaban J connectivity index is 1.76. The van der Waals surface area contributed by atoms with Crippen molar-refractivity contribution in [2.75, 3.05) is 24.0 Å². The number of furan rings is 1. The minimum Gasteiger partial charge on any atom is -0.463 e.